The minimum absolute atomic E-state index is 0.0319. The number of carbonyl (C=O) groups excluding carboxylic acids is 1. The number of amides is 1. The Kier molecular flexibility index (Phi) is 6.87. The Bertz CT molecular complexity index is 655. The third-order valence-corrected chi connectivity index (χ3v) is 5.33. The maximum Gasteiger partial charge on any atom is 0.234 e. The van der Waals surface area contributed by atoms with Crippen LogP contribution in [-0.4, -0.2) is 36.6 Å². The summed E-state index contributed by atoms with van der Waals surface area (Å²) in [6, 6.07) is 11.7. The number of ether oxygens (including phenoxy) is 1. The average Bonchev–Trinajstić information content (AvgIpc) is 3.28. The molecule has 1 N–H and O–H groups in total. The summed E-state index contributed by atoms with van der Waals surface area (Å²) in [5.41, 5.74) is 1.04. The lowest BCUT2D eigenvalue weighted by atomic mass is 10.2. The van der Waals surface area contributed by atoms with Crippen LogP contribution in [-0.2, 0) is 22.6 Å². The van der Waals surface area contributed by atoms with E-state index < -0.39 is 0 Å². The number of benzene rings is 1. The molecule has 0 unspecified atom stereocenters. The fraction of sp³-hybridized carbons (Fsp3) is 0.421. The molecule has 0 aliphatic carbocycles. The first-order valence-corrected chi connectivity index (χ1v) is 9.82. The molecule has 25 heavy (non-hydrogen) atoms. The molecule has 2 aromatic rings. The van der Waals surface area contributed by atoms with E-state index in [2.05, 4.69) is 21.7 Å². The van der Waals surface area contributed by atoms with Gasteiger partial charge in [0.25, 0.3) is 0 Å². The molecular formula is C19H23ClN2O2S. The van der Waals surface area contributed by atoms with E-state index in [9.17, 15) is 4.79 Å². The number of carbonyl (C=O) groups is 1. The van der Waals surface area contributed by atoms with Crippen LogP contribution in [0.15, 0.2) is 41.8 Å². The average molecular weight is 379 g/mol. The molecule has 1 aromatic heterocycles. The van der Waals surface area contributed by atoms with Crippen LogP contribution in [0.1, 0.15) is 23.3 Å². The van der Waals surface area contributed by atoms with Crippen molar-refractivity contribution in [2.24, 2.45) is 0 Å². The van der Waals surface area contributed by atoms with E-state index >= 15 is 0 Å². The summed E-state index contributed by atoms with van der Waals surface area (Å²) < 4.78 is 5.74. The first-order chi connectivity index (χ1) is 12.2. The molecule has 4 nitrogen and oxygen atoms in total. The number of nitrogens with zero attached hydrogens (tertiary/aromatic N) is 1. The molecule has 6 heteroatoms. The van der Waals surface area contributed by atoms with Gasteiger partial charge in [0.05, 0.1) is 12.6 Å². The molecule has 1 aromatic carbocycles. The van der Waals surface area contributed by atoms with E-state index in [-0.39, 0.29) is 12.0 Å². The number of hydrogen-bond acceptors (Lipinski definition) is 4. The molecule has 0 saturated carbocycles. The smallest absolute Gasteiger partial charge is 0.234 e. The molecule has 1 aliphatic heterocycles. The minimum atomic E-state index is 0.0319. The van der Waals surface area contributed by atoms with Gasteiger partial charge in [-0.05, 0) is 42.0 Å². The molecule has 1 aliphatic rings. The normalized spacial score (nSPS) is 17.1. The van der Waals surface area contributed by atoms with Gasteiger partial charge in [-0.25, -0.2) is 0 Å². The fourth-order valence-corrected chi connectivity index (χ4v) is 3.82. The monoisotopic (exact) mass is 378 g/mol. The molecule has 1 amide bonds. The predicted octanol–water partition coefficient (Wildman–Crippen LogP) is 3.70. The highest BCUT2D eigenvalue weighted by Crippen LogP contribution is 2.17. The van der Waals surface area contributed by atoms with Gasteiger partial charge in [0.1, 0.15) is 0 Å². The first-order valence-electron chi connectivity index (χ1n) is 8.56. The molecule has 134 valence electrons. The van der Waals surface area contributed by atoms with Gasteiger partial charge in [0.15, 0.2) is 0 Å². The Morgan fingerprint density at radius 2 is 2.16 bits per heavy atom. The zero-order valence-corrected chi connectivity index (χ0v) is 15.7. The van der Waals surface area contributed by atoms with Gasteiger partial charge in [-0.1, -0.05) is 29.8 Å². The predicted molar refractivity (Wildman–Crippen MR) is 102 cm³/mol. The molecular weight excluding hydrogens is 356 g/mol. The van der Waals surface area contributed by atoms with Crippen molar-refractivity contribution in [1.82, 2.24) is 10.2 Å². The van der Waals surface area contributed by atoms with E-state index in [0.29, 0.717) is 18.1 Å². The SMILES string of the molecule is O=C(CN(Cc1cccs1)C[C@@H]1CCCO1)NCc1ccc(Cl)cc1. The van der Waals surface area contributed by atoms with Crippen molar-refractivity contribution in [1.29, 1.82) is 0 Å². The van der Waals surface area contributed by atoms with E-state index in [1.807, 2.05) is 30.3 Å². The van der Waals surface area contributed by atoms with Crippen LogP contribution in [0.3, 0.4) is 0 Å². The van der Waals surface area contributed by atoms with Crippen LogP contribution in [0, 0.1) is 0 Å². The Balaban J connectivity index is 1.52. The van der Waals surface area contributed by atoms with E-state index in [0.717, 1.165) is 38.1 Å². The Labute approximate surface area is 157 Å². The third kappa shape index (κ3) is 6.12. The topological polar surface area (TPSA) is 41.6 Å². The molecule has 2 heterocycles. The van der Waals surface area contributed by atoms with E-state index in [1.54, 1.807) is 11.3 Å². The second kappa shape index (κ2) is 9.34. The van der Waals surface area contributed by atoms with Gasteiger partial charge in [0.2, 0.25) is 5.91 Å². The Hall–Kier alpha value is -1.40. The van der Waals surface area contributed by atoms with Crippen LogP contribution in [0.2, 0.25) is 5.02 Å². The zero-order chi connectivity index (χ0) is 17.5. The fourth-order valence-electron chi connectivity index (χ4n) is 2.95. The highest BCUT2D eigenvalue weighted by atomic mass is 35.5. The van der Waals surface area contributed by atoms with Crippen LogP contribution in [0.4, 0.5) is 0 Å². The summed E-state index contributed by atoms with van der Waals surface area (Å²) in [5, 5.41) is 5.76. The van der Waals surface area contributed by atoms with Gasteiger partial charge >= 0.3 is 0 Å². The Morgan fingerprint density at radius 1 is 1.32 bits per heavy atom. The largest absolute Gasteiger partial charge is 0.377 e. The maximum absolute atomic E-state index is 12.4. The van der Waals surface area contributed by atoms with Crippen molar-refractivity contribution in [3.63, 3.8) is 0 Å². The molecule has 1 fully saturated rings. The number of rotatable bonds is 8. The number of halogens is 1. The molecule has 1 atom stereocenters. The van der Waals surface area contributed by atoms with Crippen LogP contribution < -0.4 is 5.32 Å². The van der Waals surface area contributed by atoms with Crippen LogP contribution >= 0.6 is 22.9 Å². The summed E-state index contributed by atoms with van der Waals surface area (Å²) in [4.78, 5) is 15.8. The summed E-state index contributed by atoms with van der Waals surface area (Å²) in [6.07, 6.45) is 2.43. The van der Waals surface area contributed by atoms with E-state index in [4.69, 9.17) is 16.3 Å². The lowest BCUT2D eigenvalue weighted by Crippen LogP contribution is -2.40. The zero-order valence-electron chi connectivity index (χ0n) is 14.1. The number of hydrogen-bond donors (Lipinski definition) is 1. The highest BCUT2D eigenvalue weighted by molar-refractivity contribution is 7.09. The summed E-state index contributed by atoms with van der Waals surface area (Å²) in [7, 11) is 0. The van der Waals surface area contributed by atoms with Crippen LogP contribution in [0.25, 0.3) is 0 Å². The standard InChI is InChI=1S/C19H23ClN2O2S/c20-16-7-5-15(6-8-16)11-21-19(23)14-22(12-17-3-1-9-24-17)13-18-4-2-10-25-18/h2,4-8,10,17H,1,3,9,11-14H2,(H,21,23)/t17-/m0/s1. The van der Waals surface area contributed by atoms with Gasteiger partial charge in [-0.3, -0.25) is 9.69 Å². The quantitative estimate of drug-likeness (QED) is 0.761. The van der Waals surface area contributed by atoms with E-state index in [1.165, 1.54) is 4.88 Å². The maximum atomic E-state index is 12.4. The van der Waals surface area contributed by atoms with Gasteiger partial charge in [-0.15, -0.1) is 11.3 Å². The number of thiophene rings is 1. The molecule has 3 rings (SSSR count). The molecule has 0 spiro atoms. The molecule has 0 bridgehead atoms. The van der Waals surface area contributed by atoms with Crippen molar-refractivity contribution in [2.75, 3.05) is 19.7 Å². The van der Waals surface area contributed by atoms with Gasteiger partial charge in [-0.2, -0.15) is 0 Å². The van der Waals surface area contributed by atoms with Crippen LogP contribution in [0.5, 0.6) is 0 Å². The summed E-state index contributed by atoms with van der Waals surface area (Å²) in [6.45, 7) is 3.31. The first kappa shape index (κ1) is 18.4. The molecule has 1 saturated heterocycles. The lowest BCUT2D eigenvalue weighted by Gasteiger charge is -2.24. The van der Waals surface area contributed by atoms with Gasteiger partial charge < -0.3 is 10.1 Å². The highest BCUT2D eigenvalue weighted by Gasteiger charge is 2.21. The van der Waals surface area contributed by atoms with Gasteiger partial charge in [0, 0.05) is 36.1 Å². The Morgan fingerprint density at radius 3 is 2.84 bits per heavy atom. The summed E-state index contributed by atoms with van der Waals surface area (Å²) in [5.74, 6) is 0.0319. The van der Waals surface area contributed by atoms with Crippen molar-refractivity contribution in [3.8, 4) is 0 Å². The van der Waals surface area contributed by atoms with Crippen molar-refractivity contribution in [3.05, 3.63) is 57.2 Å². The second-order valence-corrected chi connectivity index (χ2v) is 7.76. The second-order valence-electron chi connectivity index (χ2n) is 6.29. The van der Waals surface area contributed by atoms with Crippen molar-refractivity contribution in [2.45, 2.75) is 32.0 Å². The molecule has 0 radical (unpaired) electrons. The third-order valence-electron chi connectivity index (χ3n) is 4.22. The van der Waals surface area contributed by atoms with Crippen molar-refractivity contribution >= 4 is 28.8 Å². The summed E-state index contributed by atoms with van der Waals surface area (Å²) >= 11 is 7.61. The van der Waals surface area contributed by atoms with Crippen molar-refractivity contribution < 1.29 is 9.53 Å². The lowest BCUT2D eigenvalue weighted by molar-refractivity contribution is -0.122. The number of nitrogens with one attached hydrogen (secondary N) is 1. The minimum Gasteiger partial charge on any atom is -0.377 e.